The first kappa shape index (κ1) is 38.4. The summed E-state index contributed by atoms with van der Waals surface area (Å²) in [6.45, 7) is 0.383. The predicted octanol–water partition coefficient (Wildman–Crippen LogP) is 11.5. The summed E-state index contributed by atoms with van der Waals surface area (Å²) < 4.78 is 11.2. The number of aromatic amines is 1. The highest BCUT2D eigenvalue weighted by Crippen LogP contribution is 2.41. The van der Waals surface area contributed by atoms with E-state index in [1.54, 1.807) is 24.0 Å². The summed E-state index contributed by atoms with van der Waals surface area (Å²) in [6, 6.07) is 48.7. The zero-order chi connectivity index (χ0) is 41.0. The van der Waals surface area contributed by atoms with Crippen LogP contribution in [0.5, 0.6) is 11.5 Å². The van der Waals surface area contributed by atoms with Gasteiger partial charge in [-0.2, -0.15) is 0 Å². The largest absolute Gasteiger partial charge is 0.497 e. The summed E-state index contributed by atoms with van der Waals surface area (Å²) in [6.07, 6.45) is 5.72. The van der Waals surface area contributed by atoms with Crippen LogP contribution in [0.1, 0.15) is 16.7 Å². The number of benzene rings is 6. The Bertz CT molecular complexity index is 2870. The molecule has 2 fully saturated rings. The van der Waals surface area contributed by atoms with Crippen molar-refractivity contribution in [3.63, 3.8) is 0 Å². The zero-order valence-corrected chi connectivity index (χ0v) is 34.2. The molecule has 0 radical (unpaired) electrons. The van der Waals surface area contributed by atoms with E-state index in [4.69, 9.17) is 19.5 Å². The summed E-state index contributed by atoms with van der Waals surface area (Å²) >= 11 is 2.69. The minimum Gasteiger partial charge on any atom is -0.497 e. The molecule has 2 aliphatic rings. The number of nitrogens with one attached hydrogen (secondary N) is 1. The fourth-order valence-electron chi connectivity index (χ4n) is 6.98. The number of H-pyrrole nitrogens is 1. The van der Waals surface area contributed by atoms with E-state index < -0.39 is 0 Å². The average Bonchev–Trinajstić information content (AvgIpc) is 3.96. The normalized spacial score (nSPS) is 16.9. The monoisotopic (exact) mass is 823 g/mol. The van der Waals surface area contributed by atoms with Gasteiger partial charge in [0.25, 0.3) is 11.8 Å². The third kappa shape index (κ3) is 8.13. The standard InChI is InChI=1S/C49H37N5O4S2/c1-57-40-20-18-39(19-21-40)54-47(56)45(60-49(54)51-37-13-7-4-8-14-37)29-34-17-23-43(58-2)41(27-34)35-12-9-15-38(30-35)52-48-53(31-32-10-5-3-6-11-32)46(55)44(59-48)28-33-16-22-42-36(26-33)24-25-50-42/h3-30,50H,31H2,1-2H3/b44-28-,45-29-,51-49?,52-48?. The number of methoxy groups -OCH3 is 2. The lowest BCUT2D eigenvalue weighted by Crippen LogP contribution is -2.28. The van der Waals surface area contributed by atoms with Crippen molar-refractivity contribution < 1.29 is 19.1 Å². The molecule has 1 aromatic heterocycles. The number of fused-ring (bicyclic) bond motifs is 1. The number of aromatic nitrogens is 1. The number of thioether (sulfide) groups is 2. The number of rotatable bonds is 10. The lowest BCUT2D eigenvalue weighted by molar-refractivity contribution is -0.122. The topological polar surface area (TPSA) is 99.6 Å². The molecule has 7 aromatic rings. The van der Waals surface area contributed by atoms with Crippen LogP contribution in [0.3, 0.4) is 0 Å². The van der Waals surface area contributed by atoms with Crippen LogP contribution in [-0.4, -0.2) is 46.3 Å². The summed E-state index contributed by atoms with van der Waals surface area (Å²) in [4.78, 5) is 45.8. The van der Waals surface area contributed by atoms with Crippen LogP contribution < -0.4 is 14.4 Å². The molecule has 2 saturated heterocycles. The van der Waals surface area contributed by atoms with E-state index in [9.17, 15) is 9.59 Å². The number of anilines is 1. The number of hydrogen-bond donors (Lipinski definition) is 1. The van der Waals surface area contributed by atoms with Crippen LogP contribution in [0.4, 0.5) is 17.1 Å². The van der Waals surface area contributed by atoms with E-state index in [0.29, 0.717) is 49.6 Å². The van der Waals surface area contributed by atoms with E-state index in [1.165, 1.54) is 23.5 Å². The van der Waals surface area contributed by atoms with E-state index in [-0.39, 0.29) is 11.8 Å². The Balaban J connectivity index is 1.04. The second-order valence-electron chi connectivity index (χ2n) is 13.9. The molecule has 9 nitrogen and oxygen atoms in total. The molecule has 2 aliphatic heterocycles. The highest BCUT2D eigenvalue weighted by atomic mass is 32.2. The lowest BCUT2D eigenvalue weighted by atomic mass is 10.0. The number of carbonyl (C=O) groups is 2. The van der Waals surface area contributed by atoms with Gasteiger partial charge < -0.3 is 14.5 Å². The van der Waals surface area contributed by atoms with Gasteiger partial charge in [0, 0.05) is 17.3 Å². The van der Waals surface area contributed by atoms with Crippen molar-refractivity contribution in [2.75, 3.05) is 19.1 Å². The van der Waals surface area contributed by atoms with Crippen LogP contribution in [0.15, 0.2) is 178 Å². The zero-order valence-electron chi connectivity index (χ0n) is 32.6. The quantitative estimate of drug-likeness (QED) is 0.138. The van der Waals surface area contributed by atoms with Crippen LogP contribution in [0, 0.1) is 0 Å². The van der Waals surface area contributed by atoms with Crippen molar-refractivity contribution in [1.82, 2.24) is 9.88 Å². The van der Waals surface area contributed by atoms with Crippen LogP contribution in [-0.2, 0) is 16.1 Å². The number of para-hydroxylation sites is 1. The molecule has 0 unspecified atom stereocenters. The molecule has 0 spiro atoms. The highest BCUT2D eigenvalue weighted by molar-refractivity contribution is 8.19. The van der Waals surface area contributed by atoms with Gasteiger partial charge in [0.15, 0.2) is 10.3 Å². The Hall–Kier alpha value is -7.08. The Morgan fingerprint density at radius 1 is 0.633 bits per heavy atom. The van der Waals surface area contributed by atoms with Gasteiger partial charge in [-0.25, -0.2) is 9.98 Å². The first-order valence-electron chi connectivity index (χ1n) is 19.1. The Labute approximate surface area is 355 Å². The molecule has 0 saturated carbocycles. The van der Waals surface area contributed by atoms with Gasteiger partial charge in [-0.05, 0) is 142 Å². The predicted molar refractivity (Wildman–Crippen MR) is 246 cm³/mol. The first-order valence-corrected chi connectivity index (χ1v) is 20.8. The second kappa shape index (κ2) is 17.0. The van der Waals surface area contributed by atoms with Gasteiger partial charge in [0.2, 0.25) is 0 Å². The van der Waals surface area contributed by atoms with Gasteiger partial charge in [-0.15, -0.1) is 0 Å². The number of hydrogen-bond acceptors (Lipinski definition) is 8. The number of amides is 2. The number of aliphatic imine (C=N–C) groups is 2. The average molecular weight is 824 g/mol. The van der Waals surface area contributed by atoms with E-state index >= 15 is 0 Å². The molecule has 1 N–H and O–H groups in total. The van der Waals surface area contributed by atoms with Crippen molar-refractivity contribution in [2.24, 2.45) is 9.98 Å². The molecular formula is C49H37N5O4S2. The highest BCUT2D eigenvalue weighted by Gasteiger charge is 2.35. The molecule has 294 valence electrons. The molecule has 6 aromatic carbocycles. The van der Waals surface area contributed by atoms with E-state index in [0.717, 1.165) is 44.4 Å². The molecule has 0 atom stereocenters. The van der Waals surface area contributed by atoms with Crippen LogP contribution in [0.2, 0.25) is 0 Å². The van der Waals surface area contributed by atoms with Crippen molar-refractivity contribution in [3.05, 3.63) is 184 Å². The molecule has 0 aliphatic carbocycles. The van der Waals surface area contributed by atoms with Gasteiger partial charge in [-0.3, -0.25) is 19.4 Å². The van der Waals surface area contributed by atoms with Crippen molar-refractivity contribution in [1.29, 1.82) is 0 Å². The third-order valence-electron chi connectivity index (χ3n) is 9.97. The maximum Gasteiger partial charge on any atom is 0.271 e. The summed E-state index contributed by atoms with van der Waals surface area (Å²) in [5.74, 6) is 1.08. The van der Waals surface area contributed by atoms with Crippen LogP contribution in [0.25, 0.3) is 34.2 Å². The fourth-order valence-corrected chi connectivity index (χ4v) is 8.98. The smallest absolute Gasteiger partial charge is 0.271 e. The van der Waals surface area contributed by atoms with Crippen molar-refractivity contribution in [2.45, 2.75) is 6.54 Å². The first-order chi connectivity index (χ1) is 29.4. The third-order valence-corrected chi connectivity index (χ3v) is 11.9. The molecule has 9 rings (SSSR count). The Morgan fingerprint density at radius 2 is 1.32 bits per heavy atom. The Kier molecular flexibility index (Phi) is 10.9. The van der Waals surface area contributed by atoms with E-state index in [2.05, 4.69) is 11.1 Å². The number of nitrogens with zero attached hydrogens (tertiary/aromatic N) is 4. The van der Waals surface area contributed by atoms with Gasteiger partial charge in [0.05, 0.1) is 47.6 Å². The molecular weight excluding hydrogens is 787 g/mol. The number of carbonyl (C=O) groups excluding carboxylic acids is 2. The van der Waals surface area contributed by atoms with Gasteiger partial charge in [0.1, 0.15) is 11.5 Å². The maximum atomic E-state index is 14.1. The summed E-state index contributed by atoms with van der Waals surface area (Å²) in [5, 5.41) is 2.21. The molecule has 11 heteroatoms. The fraction of sp³-hybridized carbons (Fsp3) is 0.0612. The van der Waals surface area contributed by atoms with Crippen molar-refractivity contribution >= 4 is 85.8 Å². The summed E-state index contributed by atoms with van der Waals surface area (Å²) in [5.41, 5.74) is 7.60. The van der Waals surface area contributed by atoms with Gasteiger partial charge in [-0.1, -0.05) is 72.8 Å². The van der Waals surface area contributed by atoms with Gasteiger partial charge >= 0.3 is 0 Å². The SMILES string of the molecule is COc1ccc(N2C(=O)/C(=C/c3ccc(OC)c(-c4cccc(N=C5S/C(=C\c6ccc7[nH]ccc7c6)C(=O)N5Cc5ccccc5)c4)c3)SC2=Nc2ccccc2)cc1. The minimum atomic E-state index is -0.183. The lowest BCUT2D eigenvalue weighted by Gasteiger charge is -2.16. The molecule has 2 amide bonds. The second-order valence-corrected chi connectivity index (χ2v) is 15.9. The molecule has 0 bridgehead atoms. The minimum absolute atomic E-state index is 0.0998. The molecule has 60 heavy (non-hydrogen) atoms. The maximum absolute atomic E-state index is 14.1. The van der Waals surface area contributed by atoms with Crippen molar-refractivity contribution in [3.8, 4) is 22.6 Å². The Morgan fingerprint density at radius 3 is 2.08 bits per heavy atom. The molecule has 3 heterocycles. The number of amidine groups is 2. The number of ether oxygens (including phenoxy) is 2. The van der Waals surface area contributed by atoms with E-state index in [1.807, 2.05) is 164 Å². The summed E-state index contributed by atoms with van der Waals surface area (Å²) in [7, 11) is 3.25. The van der Waals surface area contributed by atoms with Crippen LogP contribution >= 0.6 is 23.5 Å².